The molecule has 0 aliphatic heterocycles. The fourth-order valence-corrected chi connectivity index (χ4v) is 4.18. The van der Waals surface area contributed by atoms with Crippen molar-refractivity contribution in [3.63, 3.8) is 0 Å². The highest BCUT2D eigenvalue weighted by Gasteiger charge is 2.23. The van der Waals surface area contributed by atoms with E-state index >= 15 is 0 Å². The number of esters is 1. The number of nitrogens with one attached hydrogen (secondary N) is 2. The number of carbonyl (C=O) groups is 2. The molecule has 0 radical (unpaired) electrons. The molecule has 1 heterocycles. The zero-order chi connectivity index (χ0) is 27.9. The number of rotatable bonds is 8. The summed E-state index contributed by atoms with van der Waals surface area (Å²) in [6.45, 7) is 10.5. The van der Waals surface area contributed by atoms with Crippen LogP contribution in [0.4, 0.5) is 20.2 Å². The highest BCUT2D eigenvalue weighted by Crippen LogP contribution is 2.39. The quantitative estimate of drug-likeness (QED) is 0.215. The second kappa shape index (κ2) is 13.6. The van der Waals surface area contributed by atoms with Crippen LogP contribution < -0.4 is 10.6 Å². The summed E-state index contributed by atoms with van der Waals surface area (Å²) in [5, 5.41) is 15.0. The molecule has 3 rings (SSSR count). The van der Waals surface area contributed by atoms with Crippen LogP contribution in [0.5, 0.6) is 0 Å². The van der Waals surface area contributed by atoms with Crippen molar-refractivity contribution in [1.82, 2.24) is 0 Å². The lowest BCUT2D eigenvalue weighted by molar-refractivity contribution is 0.0526. The average molecular weight is 646 g/mol. The first-order chi connectivity index (χ1) is 17.5. The third kappa shape index (κ3) is 6.89. The van der Waals surface area contributed by atoms with Gasteiger partial charge in [-0.05, 0) is 95.8 Å². The summed E-state index contributed by atoms with van der Waals surface area (Å²) in [4.78, 5) is 22.9. The summed E-state index contributed by atoms with van der Waals surface area (Å²) in [5.41, 5.74) is 3.18. The first-order valence-electron chi connectivity index (χ1n) is 11.4. The molecule has 0 saturated carbocycles. The van der Waals surface area contributed by atoms with Gasteiger partial charge in [-0.25, -0.2) is 18.4 Å². The fraction of sp³-hybridized carbons (Fsp3) is 0.308. The summed E-state index contributed by atoms with van der Waals surface area (Å²) in [6.07, 6.45) is 1.40. The molecule has 0 fully saturated rings. The first-order valence-corrected chi connectivity index (χ1v) is 13.0. The van der Waals surface area contributed by atoms with Gasteiger partial charge < -0.3 is 24.9 Å². The van der Waals surface area contributed by atoms with Crippen LogP contribution in [0.3, 0.4) is 0 Å². The average Bonchev–Trinajstić information content (AvgIpc) is 3.35. The van der Waals surface area contributed by atoms with E-state index in [1.165, 1.54) is 18.4 Å². The smallest absolute Gasteiger partial charge is 0.342 e. The Hall–Kier alpha value is -2.92. The number of anilines is 2. The second-order valence-corrected chi connectivity index (χ2v) is 9.28. The van der Waals surface area contributed by atoms with E-state index in [1.54, 1.807) is 20.8 Å². The van der Waals surface area contributed by atoms with Crippen LogP contribution in [0.15, 0.2) is 37.8 Å². The third-order valence-corrected chi connectivity index (χ3v) is 7.20. The molecular weight excluding hydrogens is 618 g/mol. The van der Waals surface area contributed by atoms with Crippen LogP contribution in [0, 0.1) is 25.5 Å². The van der Waals surface area contributed by atoms with Crippen LogP contribution >= 0.6 is 31.9 Å². The molecule has 11 heteroatoms. The number of hydrogen-bond donors (Lipinski definition) is 3. The summed E-state index contributed by atoms with van der Waals surface area (Å²) in [6, 6.07) is 3.88. The van der Waals surface area contributed by atoms with E-state index in [-0.39, 0.29) is 17.7 Å². The molecule has 37 heavy (non-hydrogen) atoms. The first kappa shape index (κ1) is 30.3. The number of carboxylic acid groups (broad SMARTS) is 1. The molecule has 0 atom stereocenters. The topological polar surface area (TPSA) is 101 Å². The van der Waals surface area contributed by atoms with Crippen molar-refractivity contribution in [2.45, 2.75) is 34.6 Å². The van der Waals surface area contributed by atoms with Gasteiger partial charge in [0.15, 0.2) is 5.76 Å². The van der Waals surface area contributed by atoms with Gasteiger partial charge in [0.1, 0.15) is 17.2 Å². The summed E-state index contributed by atoms with van der Waals surface area (Å²) >= 11 is 6.31. The Morgan fingerprint density at radius 3 is 2.03 bits per heavy atom. The number of halogens is 4. The van der Waals surface area contributed by atoms with Gasteiger partial charge in [-0.2, -0.15) is 0 Å². The van der Waals surface area contributed by atoms with Crippen molar-refractivity contribution in [2.24, 2.45) is 0 Å². The van der Waals surface area contributed by atoms with Gasteiger partial charge in [-0.15, -0.1) is 0 Å². The Bertz CT molecular complexity index is 1290. The van der Waals surface area contributed by atoms with Crippen LogP contribution in [-0.4, -0.2) is 36.7 Å². The number of benzene rings is 2. The predicted molar refractivity (Wildman–Crippen MR) is 147 cm³/mol. The van der Waals surface area contributed by atoms with Crippen LogP contribution in [-0.2, 0) is 4.74 Å². The summed E-state index contributed by atoms with van der Waals surface area (Å²) < 4.78 is 38.5. The van der Waals surface area contributed by atoms with Crippen molar-refractivity contribution >= 4 is 55.2 Å². The van der Waals surface area contributed by atoms with E-state index < -0.39 is 23.6 Å². The Labute approximate surface area is 230 Å². The van der Waals surface area contributed by atoms with Gasteiger partial charge in [0, 0.05) is 24.3 Å². The zero-order valence-corrected chi connectivity index (χ0v) is 24.2. The second-order valence-electron chi connectivity index (χ2n) is 7.69. The number of furan rings is 1. The maximum Gasteiger partial charge on any atom is 0.342 e. The number of carboxylic acids is 1. The number of ether oxygens (including phenoxy) is 1. The van der Waals surface area contributed by atoms with Gasteiger partial charge in [0.25, 0.3) is 0 Å². The van der Waals surface area contributed by atoms with E-state index in [4.69, 9.17) is 14.3 Å². The van der Waals surface area contributed by atoms with Crippen LogP contribution in [0.2, 0.25) is 0 Å². The lowest BCUT2D eigenvalue weighted by atomic mass is 10.0. The molecule has 0 aliphatic rings. The lowest BCUT2D eigenvalue weighted by Crippen LogP contribution is -2.09. The highest BCUT2D eigenvalue weighted by molar-refractivity contribution is 9.10. The molecule has 7 nitrogen and oxygen atoms in total. The normalized spacial score (nSPS) is 10.4. The van der Waals surface area contributed by atoms with Crippen LogP contribution in [0.1, 0.15) is 52.6 Å². The molecule has 0 unspecified atom stereocenters. The molecule has 0 spiro atoms. The van der Waals surface area contributed by atoms with E-state index in [0.29, 0.717) is 50.2 Å². The van der Waals surface area contributed by atoms with Crippen molar-refractivity contribution < 1.29 is 32.6 Å². The molecule has 2 aromatic carbocycles. The van der Waals surface area contributed by atoms with E-state index in [9.17, 15) is 18.4 Å². The lowest BCUT2D eigenvalue weighted by Gasteiger charge is -2.15. The summed E-state index contributed by atoms with van der Waals surface area (Å²) in [7, 11) is 0. The third-order valence-electron chi connectivity index (χ3n) is 5.25. The maximum absolute atomic E-state index is 14.1. The zero-order valence-electron chi connectivity index (χ0n) is 21.0. The molecule has 0 amide bonds. The van der Waals surface area contributed by atoms with Gasteiger partial charge in [-0.1, -0.05) is 0 Å². The molecule has 200 valence electrons. The SMILES string of the molecule is CCNc1c(-c2occc2C(=O)OCC)cc(F)c(Br)c1C.CCNc1c(C(=O)O)cc(F)c(Br)c1C. The van der Waals surface area contributed by atoms with E-state index in [0.717, 1.165) is 11.8 Å². The molecule has 0 bridgehead atoms. The monoisotopic (exact) mass is 644 g/mol. The number of carbonyl (C=O) groups excluding carboxylic acids is 1. The Kier molecular flexibility index (Phi) is 11.1. The van der Waals surface area contributed by atoms with E-state index in [1.807, 2.05) is 13.8 Å². The van der Waals surface area contributed by atoms with Crippen molar-refractivity contribution in [1.29, 1.82) is 0 Å². The molecule has 0 aliphatic carbocycles. The molecular formula is C26H28Br2F2N2O5. The van der Waals surface area contributed by atoms with Crippen LogP contribution in [0.25, 0.3) is 11.3 Å². The van der Waals surface area contributed by atoms with Gasteiger partial charge in [-0.3, -0.25) is 0 Å². The minimum Gasteiger partial charge on any atom is -0.478 e. The van der Waals surface area contributed by atoms with Crippen molar-refractivity contribution in [2.75, 3.05) is 30.3 Å². The minimum absolute atomic E-state index is 0.0462. The van der Waals surface area contributed by atoms with E-state index in [2.05, 4.69) is 42.5 Å². The maximum atomic E-state index is 14.1. The Balaban J connectivity index is 0.000000281. The van der Waals surface area contributed by atoms with Gasteiger partial charge >= 0.3 is 11.9 Å². The molecule has 1 aromatic heterocycles. The van der Waals surface area contributed by atoms with Crippen molar-refractivity contribution in [3.05, 3.63) is 67.3 Å². The predicted octanol–water partition coefficient (Wildman–Crippen LogP) is 7.79. The largest absolute Gasteiger partial charge is 0.478 e. The Morgan fingerprint density at radius 1 is 0.946 bits per heavy atom. The molecule has 3 aromatic rings. The highest BCUT2D eigenvalue weighted by atomic mass is 79.9. The standard InChI is InChI=1S/C16H17BrFNO3.C10H11BrFNO2/c1-4-19-14-9(3)13(17)12(18)8-11(14)15-10(6-7-22-15)16(20)21-5-2;1-3-13-9-5(2)8(11)7(12)4-6(9)10(14)15/h6-8,19H,4-5H2,1-3H3;4,13H,3H2,1-2H3,(H,14,15). The Morgan fingerprint density at radius 2 is 1.49 bits per heavy atom. The number of hydrogen-bond acceptors (Lipinski definition) is 6. The molecule has 0 saturated heterocycles. The number of aromatic carboxylic acids is 1. The summed E-state index contributed by atoms with van der Waals surface area (Å²) in [5.74, 6) is -2.31. The minimum atomic E-state index is -1.14. The van der Waals surface area contributed by atoms with Gasteiger partial charge in [0.2, 0.25) is 0 Å². The molecule has 3 N–H and O–H groups in total. The van der Waals surface area contributed by atoms with Gasteiger partial charge in [0.05, 0.1) is 33.1 Å². The fourth-order valence-electron chi connectivity index (χ4n) is 3.55. The van der Waals surface area contributed by atoms with Crippen molar-refractivity contribution in [3.8, 4) is 11.3 Å².